The third-order valence-corrected chi connectivity index (χ3v) is 7.10. The minimum absolute atomic E-state index is 0.130. The number of nitrogens with one attached hydrogen (secondary N) is 3. The maximum atomic E-state index is 14.7. The third kappa shape index (κ3) is 7.11. The summed E-state index contributed by atoms with van der Waals surface area (Å²) in [5.41, 5.74) is -2.51. The van der Waals surface area contributed by atoms with Gasteiger partial charge in [-0.15, -0.1) is 0 Å². The molecule has 1 saturated carbocycles. The van der Waals surface area contributed by atoms with Crippen LogP contribution >= 0.6 is 0 Å². The third-order valence-electron chi connectivity index (χ3n) is 7.10. The lowest BCUT2D eigenvalue weighted by Gasteiger charge is -2.37. The number of unbranched alkanes of at least 4 members (excludes halogenated alkanes) is 3. The molecule has 1 aliphatic rings. The van der Waals surface area contributed by atoms with Crippen molar-refractivity contribution in [2.45, 2.75) is 89.6 Å². The average molecular weight is 517 g/mol. The van der Waals surface area contributed by atoms with Crippen LogP contribution in [0.2, 0.25) is 0 Å². The second-order valence-corrected chi connectivity index (χ2v) is 9.85. The van der Waals surface area contributed by atoms with Gasteiger partial charge in [0.15, 0.2) is 23.3 Å². The first kappa shape index (κ1) is 29.9. The fourth-order valence-corrected chi connectivity index (χ4v) is 4.73. The summed E-state index contributed by atoms with van der Waals surface area (Å²) >= 11 is 0. The number of anilines is 1. The van der Waals surface area contributed by atoms with Gasteiger partial charge in [-0.05, 0) is 39.8 Å². The van der Waals surface area contributed by atoms with Crippen LogP contribution < -0.4 is 16.0 Å². The van der Waals surface area contributed by atoms with Crippen molar-refractivity contribution in [2.75, 3.05) is 32.5 Å². The summed E-state index contributed by atoms with van der Waals surface area (Å²) in [5, 5.41) is 7.51. The van der Waals surface area contributed by atoms with E-state index in [0.717, 1.165) is 44.9 Å². The summed E-state index contributed by atoms with van der Waals surface area (Å²) in [6, 6.07) is -1.11. The summed E-state index contributed by atoms with van der Waals surface area (Å²) in [4.78, 5) is 27.7. The number of benzene rings is 1. The van der Waals surface area contributed by atoms with E-state index in [-0.39, 0.29) is 18.5 Å². The van der Waals surface area contributed by atoms with E-state index in [2.05, 4.69) is 20.9 Å². The number of nitrogens with zero attached hydrogens (tertiary/aromatic N) is 1. The molecule has 0 aromatic heterocycles. The number of rotatable bonds is 14. The van der Waals surface area contributed by atoms with Gasteiger partial charge in [0.1, 0.15) is 17.3 Å². The van der Waals surface area contributed by atoms with Crippen molar-refractivity contribution < 1.29 is 27.2 Å². The highest BCUT2D eigenvalue weighted by Crippen LogP contribution is 2.33. The molecule has 10 heteroatoms. The van der Waals surface area contributed by atoms with Gasteiger partial charge in [0.25, 0.3) is 5.91 Å². The Kier molecular flexibility index (Phi) is 11.5. The van der Waals surface area contributed by atoms with Gasteiger partial charge < -0.3 is 20.9 Å². The lowest BCUT2D eigenvalue weighted by Crippen LogP contribution is -2.54. The van der Waals surface area contributed by atoms with Gasteiger partial charge in [-0.3, -0.25) is 9.59 Å². The fraction of sp³-hybridized carbons (Fsp3) is 0.692. The van der Waals surface area contributed by atoms with Crippen molar-refractivity contribution in [3.05, 3.63) is 28.8 Å². The molecule has 0 bridgehead atoms. The highest BCUT2D eigenvalue weighted by Gasteiger charge is 2.37. The standard InChI is InChI=1S/C26H40F4N4O2/c1-5-7-8-11-15-31-23-21(29)19(27)18(20(28)22(23)30)25(36)33-17(12-6-2)24(35)32-16-26(34(3)4)13-9-10-14-26/h17,31H,5-16H2,1-4H3,(H,32,35)(H,33,36)/t17-/m0/s1. The molecule has 0 saturated heterocycles. The van der Waals surface area contributed by atoms with E-state index >= 15 is 0 Å². The van der Waals surface area contributed by atoms with Crippen LogP contribution in [0.3, 0.4) is 0 Å². The predicted molar refractivity (Wildman–Crippen MR) is 133 cm³/mol. The molecule has 1 fully saturated rings. The Morgan fingerprint density at radius 3 is 2.06 bits per heavy atom. The molecule has 204 valence electrons. The molecule has 6 nitrogen and oxygen atoms in total. The average Bonchev–Trinajstić information content (AvgIpc) is 3.33. The maximum absolute atomic E-state index is 14.7. The zero-order chi connectivity index (χ0) is 26.9. The minimum atomic E-state index is -1.80. The molecule has 2 amide bonds. The number of likely N-dealkylation sites (N-methyl/N-ethyl adjacent to an activating group) is 1. The van der Waals surface area contributed by atoms with Gasteiger partial charge in [-0.1, -0.05) is 52.4 Å². The molecule has 3 N–H and O–H groups in total. The highest BCUT2D eigenvalue weighted by molar-refractivity contribution is 5.98. The number of halogens is 4. The van der Waals surface area contributed by atoms with Crippen LogP contribution in [-0.2, 0) is 4.79 Å². The highest BCUT2D eigenvalue weighted by atomic mass is 19.2. The monoisotopic (exact) mass is 516 g/mol. The van der Waals surface area contributed by atoms with Crippen molar-refractivity contribution >= 4 is 17.5 Å². The van der Waals surface area contributed by atoms with E-state index in [9.17, 15) is 27.2 Å². The van der Waals surface area contributed by atoms with Crippen LogP contribution in [0, 0.1) is 23.3 Å². The van der Waals surface area contributed by atoms with Crippen LogP contribution in [0.5, 0.6) is 0 Å². The van der Waals surface area contributed by atoms with Gasteiger partial charge >= 0.3 is 0 Å². The Morgan fingerprint density at radius 2 is 1.53 bits per heavy atom. The first-order chi connectivity index (χ1) is 17.1. The van der Waals surface area contributed by atoms with Gasteiger partial charge in [0.05, 0.1) is 0 Å². The molecule has 0 aliphatic heterocycles. The second kappa shape index (κ2) is 13.8. The summed E-state index contributed by atoms with van der Waals surface area (Å²) in [7, 11) is 3.89. The summed E-state index contributed by atoms with van der Waals surface area (Å²) < 4.78 is 58.6. The SMILES string of the molecule is CCCCCCNc1c(F)c(F)c(C(=O)N[C@@H](CCC)C(=O)NCC2(N(C)C)CCCC2)c(F)c1F. The second-order valence-electron chi connectivity index (χ2n) is 9.85. The Morgan fingerprint density at radius 1 is 0.917 bits per heavy atom. The molecule has 0 heterocycles. The molecule has 36 heavy (non-hydrogen) atoms. The largest absolute Gasteiger partial charge is 0.380 e. The van der Waals surface area contributed by atoms with Gasteiger partial charge in [0, 0.05) is 18.6 Å². The molecule has 0 radical (unpaired) electrons. The van der Waals surface area contributed by atoms with Crippen LogP contribution in [0.15, 0.2) is 0 Å². The minimum Gasteiger partial charge on any atom is -0.380 e. The van der Waals surface area contributed by atoms with Crippen LogP contribution in [0.25, 0.3) is 0 Å². The first-order valence-corrected chi connectivity index (χ1v) is 12.9. The zero-order valence-corrected chi connectivity index (χ0v) is 21.8. The number of carbonyl (C=O) groups excluding carboxylic acids is 2. The van der Waals surface area contributed by atoms with Gasteiger partial charge in [-0.25, -0.2) is 17.6 Å². The number of carbonyl (C=O) groups is 2. The topological polar surface area (TPSA) is 73.5 Å². The molecule has 0 unspecified atom stereocenters. The lowest BCUT2D eigenvalue weighted by atomic mass is 9.95. The molecule has 2 rings (SSSR count). The Bertz CT molecular complexity index is 875. The normalized spacial score (nSPS) is 15.7. The summed E-state index contributed by atoms with van der Waals surface area (Å²) in [6.45, 7) is 4.28. The van der Waals surface area contributed by atoms with Crippen LogP contribution in [0.4, 0.5) is 23.2 Å². The molecular formula is C26H40F4N4O2. The first-order valence-electron chi connectivity index (χ1n) is 12.9. The summed E-state index contributed by atoms with van der Waals surface area (Å²) in [5.74, 6) is -8.81. The molecule has 1 atom stereocenters. The van der Waals surface area contributed by atoms with E-state index in [0.29, 0.717) is 19.4 Å². The molecule has 1 aromatic carbocycles. The predicted octanol–water partition coefficient (Wildman–Crippen LogP) is 5.12. The van der Waals surface area contributed by atoms with Crippen molar-refractivity contribution in [3.63, 3.8) is 0 Å². The Labute approximate surface area is 211 Å². The van der Waals surface area contributed by atoms with Gasteiger partial charge in [0.2, 0.25) is 5.91 Å². The molecule has 1 aromatic rings. The van der Waals surface area contributed by atoms with E-state index in [1.54, 1.807) is 6.92 Å². The Hall–Kier alpha value is -2.36. The fourth-order valence-electron chi connectivity index (χ4n) is 4.73. The van der Waals surface area contributed by atoms with Crippen LogP contribution in [0.1, 0.15) is 88.4 Å². The molecule has 0 spiro atoms. The number of hydrogen-bond donors (Lipinski definition) is 3. The van der Waals surface area contributed by atoms with Crippen molar-refractivity contribution in [1.29, 1.82) is 0 Å². The van der Waals surface area contributed by atoms with E-state index in [4.69, 9.17) is 0 Å². The van der Waals surface area contributed by atoms with Crippen molar-refractivity contribution in [1.82, 2.24) is 15.5 Å². The zero-order valence-electron chi connectivity index (χ0n) is 21.8. The number of hydrogen-bond acceptors (Lipinski definition) is 4. The quantitative estimate of drug-likeness (QED) is 0.182. The molecular weight excluding hydrogens is 476 g/mol. The lowest BCUT2D eigenvalue weighted by molar-refractivity contribution is -0.123. The van der Waals surface area contributed by atoms with Crippen molar-refractivity contribution in [2.24, 2.45) is 0 Å². The van der Waals surface area contributed by atoms with E-state index < -0.39 is 52.4 Å². The Balaban J connectivity index is 2.15. The van der Waals surface area contributed by atoms with E-state index in [1.165, 1.54) is 0 Å². The smallest absolute Gasteiger partial charge is 0.258 e. The van der Waals surface area contributed by atoms with E-state index in [1.807, 2.05) is 21.0 Å². The molecule has 1 aliphatic carbocycles. The van der Waals surface area contributed by atoms with Crippen LogP contribution in [-0.4, -0.2) is 55.5 Å². The maximum Gasteiger partial charge on any atom is 0.258 e. The van der Waals surface area contributed by atoms with Gasteiger partial charge in [-0.2, -0.15) is 0 Å². The number of amides is 2. The van der Waals surface area contributed by atoms with Crippen molar-refractivity contribution in [3.8, 4) is 0 Å². The summed E-state index contributed by atoms with van der Waals surface area (Å²) in [6.07, 6.45) is 7.86.